The van der Waals surface area contributed by atoms with Gasteiger partial charge in [0.05, 0.1) is 28.3 Å². The molecule has 0 unspecified atom stereocenters. The Hall–Kier alpha value is -3.25. The van der Waals surface area contributed by atoms with Crippen molar-refractivity contribution in [2.75, 3.05) is 11.8 Å². The first-order valence-corrected chi connectivity index (χ1v) is 8.96. The molecule has 0 atom stereocenters. The average Bonchev–Trinajstić information content (AvgIpc) is 2.62. The second kappa shape index (κ2) is 7.78. The minimum Gasteiger partial charge on any atom is -0.477 e. The first-order valence-electron chi connectivity index (χ1n) is 7.10. The number of esters is 1. The third-order valence-electron chi connectivity index (χ3n) is 3.39. The number of ether oxygens (including phenoxy) is 1. The summed E-state index contributed by atoms with van der Waals surface area (Å²) in [6.45, 7) is 0. The van der Waals surface area contributed by atoms with Gasteiger partial charge in [0.15, 0.2) is 4.90 Å². The highest BCUT2D eigenvalue weighted by molar-refractivity contribution is 7.92. The van der Waals surface area contributed by atoms with Gasteiger partial charge in [-0.05, 0) is 24.3 Å². The Morgan fingerprint density at radius 1 is 1.29 bits per heavy atom. The Kier molecular flexibility index (Phi) is 5.85. The lowest BCUT2D eigenvalue weighted by atomic mass is 10.2. The third kappa shape index (κ3) is 4.02. The smallest absolute Gasteiger partial charge is 0.342 e. The van der Waals surface area contributed by atoms with E-state index in [1.165, 1.54) is 0 Å². The number of hydrogen-bond acceptors (Lipinski definition) is 7. The number of nitro groups is 1. The SMILES string of the molecule is COC(=O)c1cc(NS(=O)(=O)c2cccc(C(=O)O)c2[N+](=O)[O-])cc(F)c1Cl. The lowest BCUT2D eigenvalue weighted by molar-refractivity contribution is -0.388. The molecule has 0 spiro atoms. The summed E-state index contributed by atoms with van der Waals surface area (Å²) in [6.07, 6.45) is 0. The molecule has 0 aliphatic rings. The van der Waals surface area contributed by atoms with Crippen LogP contribution in [0.4, 0.5) is 15.8 Å². The van der Waals surface area contributed by atoms with Gasteiger partial charge in [-0.3, -0.25) is 14.8 Å². The molecule has 2 aromatic rings. The van der Waals surface area contributed by atoms with Crippen molar-refractivity contribution < 1.29 is 37.2 Å². The molecule has 0 fully saturated rings. The molecular formula is C15H10ClFN2O8S. The van der Waals surface area contributed by atoms with Crippen LogP contribution in [-0.2, 0) is 14.8 Å². The van der Waals surface area contributed by atoms with Crippen LogP contribution in [0.3, 0.4) is 0 Å². The fourth-order valence-electron chi connectivity index (χ4n) is 2.22. The van der Waals surface area contributed by atoms with Crippen molar-refractivity contribution >= 4 is 44.9 Å². The number of carbonyl (C=O) groups is 2. The van der Waals surface area contributed by atoms with Crippen LogP contribution < -0.4 is 4.72 Å². The fourth-order valence-corrected chi connectivity index (χ4v) is 3.64. The predicted molar refractivity (Wildman–Crippen MR) is 93.6 cm³/mol. The lowest BCUT2D eigenvalue weighted by Crippen LogP contribution is -2.17. The highest BCUT2D eigenvalue weighted by atomic mass is 35.5. The van der Waals surface area contributed by atoms with Gasteiger partial charge in [0.25, 0.3) is 10.0 Å². The maximum absolute atomic E-state index is 13.9. The molecule has 0 amide bonds. The van der Waals surface area contributed by atoms with Crippen molar-refractivity contribution in [1.29, 1.82) is 0 Å². The number of benzene rings is 2. The van der Waals surface area contributed by atoms with Gasteiger partial charge in [-0.25, -0.2) is 22.4 Å². The van der Waals surface area contributed by atoms with Crippen molar-refractivity contribution in [3.63, 3.8) is 0 Å². The number of hydrogen-bond donors (Lipinski definition) is 2. The predicted octanol–water partition coefficient (Wildman–Crippen LogP) is 2.67. The number of sulfonamides is 1. The van der Waals surface area contributed by atoms with Gasteiger partial charge in [0, 0.05) is 0 Å². The second-order valence-electron chi connectivity index (χ2n) is 5.13. The maximum atomic E-state index is 13.9. The summed E-state index contributed by atoms with van der Waals surface area (Å²) in [6, 6.07) is 4.16. The van der Waals surface area contributed by atoms with Crippen LogP contribution in [0, 0.1) is 15.9 Å². The lowest BCUT2D eigenvalue weighted by Gasteiger charge is -2.12. The van der Waals surface area contributed by atoms with E-state index >= 15 is 0 Å². The minimum absolute atomic E-state index is 0.489. The van der Waals surface area contributed by atoms with Crippen LogP contribution in [-0.4, -0.2) is 37.5 Å². The summed E-state index contributed by atoms with van der Waals surface area (Å²) in [7, 11) is -3.75. The number of rotatable bonds is 6. The number of carboxylic acids is 1. The summed E-state index contributed by atoms with van der Waals surface area (Å²) >= 11 is 5.64. The zero-order chi connectivity index (χ0) is 21.2. The van der Waals surface area contributed by atoms with Gasteiger partial charge in [0.2, 0.25) is 0 Å². The number of nitrogens with one attached hydrogen (secondary N) is 1. The summed E-state index contributed by atoms with van der Waals surface area (Å²) in [5.41, 5.74) is -3.01. The van der Waals surface area contributed by atoms with Gasteiger partial charge in [-0.2, -0.15) is 0 Å². The normalized spacial score (nSPS) is 11.0. The van der Waals surface area contributed by atoms with Crippen LogP contribution in [0.15, 0.2) is 35.2 Å². The molecule has 0 saturated heterocycles. The van der Waals surface area contributed by atoms with E-state index in [9.17, 15) is 32.5 Å². The average molecular weight is 433 g/mol. The minimum atomic E-state index is -4.74. The summed E-state index contributed by atoms with van der Waals surface area (Å²) in [5.74, 6) is -3.92. The number of carboxylic acid groups (broad SMARTS) is 1. The molecule has 0 aromatic heterocycles. The van der Waals surface area contributed by atoms with Crippen LogP contribution in [0.25, 0.3) is 0 Å². The number of para-hydroxylation sites is 1. The van der Waals surface area contributed by atoms with Crippen molar-refractivity contribution in [3.05, 3.63) is 62.4 Å². The fraction of sp³-hybridized carbons (Fsp3) is 0.0667. The number of nitrogens with zero attached hydrogens (tertiary/aromatic N) is 1. The van der Waals surface area contributed by atoms with Gasteiger partial charge in [-0.1, -0.05) is 17.7 Å². The molecule has 0 radical (unpaired) electrons. The second-order valence-corrected chi connectivity index (χ2v) is 7.16. The monoisotopic (exact) mass is 432 g/mol. The van der Waals surface area contributed by atoms with E-state index in [0.29, 0.717) is 6.07 Å². The molecule has 0 bridgehead atoms. The Morgan fingerprint density at radius 2 is 1.93 bits per heavy atom. The third-order valence-corrected chi connectivity index (χ3v) is 5.18. The summed E-state index contributed by atoms with van der Waals surface area (Å²) in [5, 5.41) is 19.7. The molecule has 2 N–H and O–H groups in total. The zero-order valence-corrected chi connectivity index (χ0v) is 15.4. The van der Waals surface area contributed by atoms with Crippen molar-refractivity contribution in [2.24, 2.45) is 0 Å². The van der Waals surface area contributed by atoms with Crippen molar-refractivity contribution in [1.82, 2.24) is 0 Å². The first kappa shape index (κ1) is 21.1. The number of anilines is 1. The zero-order valence-electron chi connectivity index (χ0n) is 13.8. The summed E-state index contributed by atoms with van der Waals surface area (Å²) in [4.78, 5) is 31.9. The van der Waals surface area contributed by atoms with Crippen molar-refractivity contribution in [3.8, 4) is 0 Å². The van der Waals surface area contributed by atoms with E-state index < -0.39 is 65.1 Å². The van der Waals surface area contributed by atoms with Gasteiger partial charge in [0.1, 0.15) is 11.4 Å². The number of carbonyl (C=O) groups excluding carboxylic acids is 1. The Bertz CT molecular complexity index is 1100. The number of aromatic carboxylic acids is 1. The van der Waals surface area contributed by atoms with Gasteiger partial charge < -0.3 is 9.84 Å². The first-order chi connectivity index (χ1) is 13.0. The molecule has 0 aliphatic carbocycles. The summed E-state index contributed by atoms with van der Waals surface area (Å²) < 4.78 is 45.3. The van der Waals surface area contributed by atoms with Crippen LogP contribution >= 0.6 is 11.6 Å². The Morgan fingerprint density at radius 3 is 2.46 bits per heavy atom. The molecular weight excluding hydrogens is 423 g/mol. The van der Waals surface area contributed by atoms with E-state index in [-0.39, 0.29) is 0 Å². The van der Waals surface area contributed by atoms with Crippen LogP contribution in [0.1, 0.15) is 20.7 Å². The molecule has 13 heteroatoms. The topological polar surface area (TPSA) is 153 Å². The standard InChI is InChI=1S/C15H10ClFN2O8S/c1-27-15(22)9-5-7(6-10(17)12(9)16)18-28(25,26)11-4-2-3-8(14(20)21)13(11)19(23)24/h2-6,18H,1H3,(H,20,21). The molecule has 28 heavy (non-hydrogen) atoms. The van der Waals surface area contributed by atoms with E-state index in [2.05, 4.69) is 4.74 Å². The van der Waals surface area contributed by atoms with E-state index in [0.717, 1.165) is 31.4 Å². The maximum Gasteiger partial charge on any atom is 0.342 e. The van der Waals surface area contributed by atoms with E-state index in [4.69, 9.17) is 16.7 Å². The molecule has 0 aliphatic heterocycles. The largest absolute Gasteiger partial charge is 0.477 e. The number of halogens is 2. The molecule has 2 rings (SSSR count). The number of methoxy groups -OCH3 is 1. The van der Waals surface area contributed by atoms with Gasteiger partial charge in [-0.15, -0.1) is 0 Å². The van der Waals surface area contributed by atoms with Crippen LogP contribution in [0.5, 0.6) is 0 Å². The molecule has 10 nitrogen and oxygen atoms in total. The Labute approximate surface area is 161 Å². The Balaban J connectivity index is 2.61. The highest BCUT2D eigenvalue weighted by Crippen LogP contribution is 2.31. The quantitative estimate of drug-likeness (QED) is 0.401. The van der Waals surface area contributed by atoms with Crippen LogP contribution in [0.2, 0.25) is 5.02 Å². The molecule has 2 aromatic carbocycles. The van der Waals surface area contributed by atoms with E-state index in [1.54, 1.807) is 0 Å². The van der Waals surface area contributed by atoms with Crippen molar-refractivity contribution in [2.45, 2.75) is 4.90 Å². The number of nitro benzene ring substituents is 1. The molecule has 148 valence electrons. The van der Waals surface area contributed by atoms with Gasteiger partial charge >= 0.3 is 17.6 Å². The van der Waals surface area contributed by atoms with E-state index in [1.807, 2.05) is 4.72 Å². The molecule has 0 saturated carbocycles. The highest BCUT2D eigenvalue weighted by Gasteiger charge is 2.32. The molecule has 0 heterocycles.